The highest BCUT2D eigenvalue weighted by atomic mass is 19.4. The Balaban J connectivity index is 1.33. The number of nitrogens with zero attached hydrogens (tertiary/aromatic N) is 1. The molecule has 148 valence electrons. The number of pyridine rings is 1. The maximum Gasteiger partial charge on any atom is 0.417 e. The summed E-state index contributed by atoms with van der Waals surface area (Å²) < 4.78 is 50.9. The first-order chi connectivity index (χ1) is 13.1. The van der Waals surface area contributed by atoms with Crippen LogP contribution in [0.1, 0.15) is 37.3 Å². The molecule has 0 saturated heterocycles. The second kappa shape index (κ2) is 6.29. The summed E-state index contributed by atoms with van der Waals surface area (Å²) in [6.07, 6.45) is -0.869. The maximum absolute atomic E-state index is 13.0. The molecule has 1 unspecified atom stereocenters. The largest absolute Gasteiger partial charge is 0.417 e. The molecule has 0 aliphatic heterocycles. The summed E-state index contributed by atoms with van der Waals surface area (Å²) in [4.78, 5) is 16.5. The van der Waals surface area contributed by atoms with Crippen molar-refractivity contribution in [2.45, 2.75) is 44.3 Å². The van der Waals surface area contributed by atoms with Crippen LogP contribution in [0, 0.1) is 17.2 Å². The van der Waals surface area contributed by atoms with Crippen LogP contribution in [-0.4, -0.2) is 16.3 Å². The van der Waals surface area contributed by atoms with Gasteiger partial charge in [0, 0.05) is 24.1 Å². The Bertz CT molecular complexity index is 870. The summed E-state index contributed by atoms with van der Waals surface area (Å²) >= 11 is 0. The molecule has 7 heteroatoms. The van der Waals surface area contributed by atoms with Crippen LogP contribution in [0.2, 0.25) is 0 Å². The summed E-state index contributed by atoms with van der Waals surface area (Å²) in [5.74, 6) is 0.120. The lowest BCUT2D eigenvalue weighted by atomic mass is 9.35. The highest BCUT2D eigenvalue weighted by Gasteiger charge is 2.70. The highest BCUT2D eigenvalue weighted by molar-refractivity contribution is 5.84. The van der Waals surface area contributed by atoms with Gasteiger partial charge in [-0.1, -0.05) is 19.1 Å². The van der Waals surface area contributed by atoms with Crippen molar-refractivity contribution in [3.8, 4) is 0 Å². The average Bonchev–Trinajstić information content (AvgIpc) is 2.58. The minimum Gasteiger partial charge on any atom is -0.365 e. The Labute approximate surface area is 160 Å². The van der Waals surface area contributed by atoms with Crippen molar-refractivity contribution in [3.63, 3.8) is 0 Å². The number of rotatable bonds is 6. The first-order valence-electron chi connectivity index (χ1n) is 9.20. The molecule has 1 atom stereocenters. The molecule has 0 amide bonds. The third-order valence-electron chi connectivity index (χ3n) is 6.25. The Morgan fingerprint density at radius 1 is 1.14 bits per heavy atom. The molecule has 2 aromatic rings. The number of benzene rings is 1. The zero-order valence-corrected chi connectivity index (χ0v) is 15.3. The molecule has 0 radical (unpaired) electrons. The van der Waals surface area contributed by atoms with Crippen LogP contribution in [0.25, 0.3) is 0 Å². The predicted octanol–water partition coefficient (Wildman–Crippen LogP) is 5.02. The Morgan fingerprint density at radius 2 is 1.79 bits per heavy atom. The molecule has 5 rings (SSSR count). The van der Waals surface area contributed by atoms with E-state index in [1.807, 2.05) is 6.92 Å². The van der Waals surface area contributed by atoms with E-state index in [1.54, 1.807) is 12.1 Å². The summed E-state index contributed by atoms with van der Waals surface area (Å²) in [6.45, 7) is 1.94. The molecule has 3 aliphatic rings. The number of carbonyl (C=O) groups is 1. The molecule has 1 aromatic heterocycles. The van der Waals surface area contributed by atoms with Gasteiger partial charge in [0.15, 0.2) is 0 Å². The number of anilines is 1. The number of carbonyl (C=O) groups excluding carboxylic acids is 1. The number of hydrogen-bond donors (Lipinski definition) is 1. The summed E-state index contributed by atoms with van der Waals surface area (Å²) in [7, 11) is 0. The van der Waals surface area contributed by atoms with E-state index in [0.29, 0.717) is 5.82 Å². The van der Waals surface area contributed by atoms with Crippen molar-refractivity contribution in [1.29, 1.82) is 0 Å². The molecular formula is C21H20F4N2O. The molecule has 3 nitrogen and oxygen atoms in total. The van der Waals surface area contributed by atoms with Crippen molar-refractivity contribution < 1.29 is 22.4 Å². The van der Waals surface area contributed by atoms with Gasteiger partial charge < -0.3 is 5.32 Å². The van der Waals surface area contributed by atoms with Crippen LogP contribution in [0.5, 0.6) is 0 Å². The Kier molecular flexibility index (Phi) is 4.25. The summed E-state index contributed by atoms with van der Waals surface area (Å²) in [6, 6.07) is 8.32. The molecule has 1 heterocycles. The molecular weight excluding hydrogens is 372 g/mol. The van der Waals surface area contributed by atoms with Gasteiger partial charge in [0.05, 0.1) is 5.56 Å². The number of ketones is 1. The second-order valence-electron chi connectivity index (χ2n) is 8.22. The van der Waals surface area contributed by atoms with Crippen molar-refractivity contribution in [2.75, 3.05) is 5.32 Å². The number of halogens is 4. The lowest BCUT2D eigenvalue weighted by Gasteiger charge is -2.72. The van der Waals surface area contributed by atoms with Crippen LogP contribution < -0.4 is 5.32 Å². The number of nitrogens with one attached hydrogen (secondary N) is 1. The lowest BCUT2D eigenvalue weighted by Crippen LogP contribution is -2.73. The van der Waals surface area contributed by atoms with Gasteiger partial charge in [-0.05, 0) is 54.5 Å². The molecule has 3 fully saturated rings. The second-order valence-corrected chi connectivity index (χ2v) is 8.22. The van der Waals surface area contributed by atoms with Crippen molar-refractivity contribution >= 4 is 11.6 Å². The fraction of sp³-hybridized carbons (Fsp3) is 0.429. The number of hydrogen-bond acceptors (Lipinski definition) is 3. The molecule has 28 heavy (non-hydrogen) atoms. The van der Waals surface area contributed by atoms with E-state index in [2.05, 4.69) is 10.3 Å². The smallest absolute Gasteiger partial charge is 0.365 e. The highest BCUT2D eigenvalue weighted by Crippen LogP contribution is 2.71. The monoisotopic (exact) mass is 392 g/mol. The third-order valence-corrected chi connectivity index (χ3v) is 6.25. The van der Waals surface area contributed by atoms with E-state index in [0.717, 1.165) is 37.1 Å². The van der Waals surface area contributed by atoms with Gasteiger partial charge >= 0.3 is 6.18 Å². The average molecular weight is 392 g/mol. The first-order valence-corrected chi connectivity index (χ1v) is 9.20. The normalized spacial score (nSPS) is 26.8. The minimum absolute atomic E-state index is 0.0456. The molecule has 3 aliphatic carbocycles. The third kappa shape index (κ3) is 3.27. The molecule has 3 saturated carbocycles. The van der Waals surface area contributed by atoms with E-state index in [9.17, 15) is 22.4 Å². The fourth-order valence-corrected chi connectivity index (χ4v) is 4.66. The zero-order chi connectivity index (χ0) is 20.2. The summed E-state index contributed by atoms with van der Waals surface area (Å²) in [5, 5.41) is 3.24. The quantitative estimate of drug-likeness (QED) is 0.702. The number of alkyl halides is 3. The van der Waals surface area contributed by atoms with Crippen LogP contribution in [0.4, 0.5) is 23.4 Å². The first kappa shape index (κ1) is 18.9. The van der Waals surface area contributed by atoms with Crippen molar-refractivity contribution in [3.05, 3.63) is 59.5 Å². The number of aromatic nitrogens is 1. The van der Waals surface area contributed by atoms with Gasteiger partial charge in [0.25, 0.3) is 0 Å². The lowest BCUT2D eigenvalue weighted by molar-refractivity contribution is -0.167. The molecule has 1 aromatic carbocycles. The van der Waals surface area contributed by atoms with Crippen molar-refractivity contribution in [2.24, 2.45) is 11.3 Å². The topological polar surface area (TPSA) is 42.0 Å². The molecule has 0 spiro atoms. The zero-order valence-electron chi connectivity index (χ0n) is 15.3. The van der Waals surface area contributed by atoms with Crippen LogP contribution in [0.15, 0.2) is 42.6 Å². The predicted molar refractivity (Wildman–Crippen MR) is 96.2 cm³/mol. The van der Waals surface area contributed by atoms with Gasteiger partial charge in [0.2, 0.25) is 0 Å². The van der Waals surface area contributed by atoms with E-state index < -0.39 is 11.7 Å². The summed E-state index contributed by atoms with van der Waals surface area (Å²) in [5.41, 5.74) is -0.188. The molecule has 2 bridgehead atoms. The van der Waals surface area contributed by atoms with Gasteiger partial charge in [-0.2, -0.15) is 13.2 Å². The van der Waals surface area contributed by atoms with E-state index in [4.69, 9.17) is 0 Å². The fourth-order valence-electron chi connectivity index (χ4n) is 4.66. The van der Waals surface area contributed by atoms with Gasteiger partial charge in [-0.3, -0.25) is 4.79 Å². The van der Waals surface area contributed by atoms with Gasteiger partial charge in [0.1, 0.15) is 17.4 Å². The van der Waals surface area contributed by atoms with Crippen LogP contribution in [-0.2, 0) is 17.4 Å². The van der Waals surface area contributed by atoms with E-state index >= 15 is 0 Å². The Hall–Kier alpha value is -2.44. The van der Waals surface area contributed by atoms with Crippen LogP contribution in [0.3, 0.4) is 0 Å². The van der Waals surface area contributed by atoms with Gasteiger partial charge in [-0.25, -0.2) is 9.37 Å². The van der Waals surface area contributed by atoms with E-state index in [-0.39, 0.29) is 34.9 Å². The SMILES string of the molecule is CC(C(=O)Cc1ccc(F)cc1)C12CC(Nc3ccc(C(F)(F)F)cn3)(C1)C2. The van der Waals surface area contributed by atoms with E-state index in [1.165, 1.54) is 18.2 Å². The maximum atomic E-state index is 13.0. The van der Waals surface area contributed by atoms with Gasteiger partial charge in [-0.15, -0.1) is 0 Å². The standard InChI is InChI=1S/C21H20F4N2O/c1-13(17(28)8-14-2-5-16(22)6-3-14)19-10-20(11-19,12-19)27-18-7-4-15(9-26-18)21(23,24)25/h2-7,9,13H,8,10-12H2,1H3,(H,26,27). The molecule has 1 N–H and O–H groups in total. The Morgan fingerprint density at radius 3 is 2.32 bits per heavy atom. The number of Topliss-reactive ketones (excluding diaryl/α,β-unsaturated/α-hetero) is 1. The van der Waals surface area contributed by atoms with Crippen molar-refractivity contribution in [1.82, 2.24) is 4.98 Å². The van der Waals surface area contributed by atoms with Crippen LogP contribution >= 0.6 is 0 Å². The minimum atomic E-state index is -4.40.